The summed E-state index contributed by atoms with van der Waals surface area (Å²) in [6, 6.07) is 0. The van der Waals surface area contributed by atoms with Crippen LogP contribution in [0.1, 0.15) is 40.2 Å². The average molecular weight is 355 g/mol. The standard InChI is InChI=1S/C14H17N3O4S2/c1-4-21-14(20)10-6(2)9-12(19)16-11(17-13(9)23-10)7(3)22-5-8(15)18/h7H,4-5H2,1-3H3,(H2,15,18)(H,16,17,19)/t7-/m0/s1. The number of aromatic nitrogens is 2. The van der Waals surface area contributed by atoms with E-state index < -0.39 is 11.9 Å². The Kier molecular flexibility index (Phi) is 5.42. The molecule has 0 unspecified atom stereocenters. The molecule has 23 heavy (non-hydrogen) atoms. The molecule has 0 aliphatic carbocycles. The van der Waals surface area contributed by atoms with Gasteiger partial charge in [0.1, 0.15) is 15.5 Å². The van der Waals surface area contributed by atoms with Crippen molar-refractivity contribution in [3.05, 3.63) is 26.6 Å². The van der Waals surface area contributed by atoms with Crippen molar-refractivity contribution in [3.8, 4) is 0 Å². The minimum atomic E-state index is -0.454. The van der Waals surface area contributed by atoms with Crippen LogP contribution in [0.3, 0.4) is 0 Å². The number of aryl methyl sites for hydroxylation is 1. The molecule has 2 aromatic heterocycles. The molecule has 1 atom stereocenters. The molecule has 0 fully saturated rings. The third-order valence-electron chi connectivity index (χ3n) is 3.14. The lowest BCUT2D eigenvalue weighted by molar-refractivity contribution is -0.115. The summed E-state index contributed by atoms with van der Waals surface area (Å²) in [6.07, 6.45) is 0. The molecule has 2 aromatic rings. The van der Waals surface area contributed by atoms with Gasteiger partial charge in [-0.1, -0.05) is 0 Å². The van der Waals surface area contributed by atoms with Crippen LogP contribution in [0.2, 0.25) is 0 Å². The van der Waals surface area contributed by atoms with Gasteiger partial charge < -0.3 is 15.5 Å². The number of amides is 1. The molecule has 0 aromatic carbocycles. The Balaban J connectivity index is 2.44. The fourth-order valence-corrected chi connectivity index (χ4v) is 3.80. The number of aromatic amines is 1. The highest BCUT2D eigenvalue weighted by molar-refractivity contribution is 8.00. The van der Waals surface area contributed by atoms with Crippen molar-refractivity contribution in [2.24, 2.45) is 5.73 Å². The first kappa shape index (κ1) is 17.5. The second kappa shape index (κ2) is 7.14. The van der Waals surface area contributed by atoms with E-state index in [1.54, 1.807) is 13.8 Å². The zero-order valence-electron chi connectivity index (χ0n) is 13.0. The highest BCUT2D eigenvalue weighted by Crippen LogP contribution is 2.30. The van der Waals surface area contributed by atoms with Crippen molar-refractivity contribution >= 4 is 45.2 Å². The predicted molar refractivity (Wildman–Crippen MR) is 91.0 cm³/mol. The number of nitrogens with one attached hydrogen (secondary N) is 1. The van der Waals surface area contributed by atoms with Crippen molar-refractivity contribution in [2.45, 2.75) is 26.0 Å². The maximum atomic E-state index is 12.3. The smallest absolute Gasteiger partial charge is 0.348 e. The molecular weight excluding hydrogens is 338 g/mol. The number of rotatable bonds is 6. The summed E-state index contributed by atoms with van der Waals surface area (Å²) in [4.78, 5) is 43.1. The number of H-pyrrole nitrogens is 1. The summed E-state index contributed by atoms with van der Waals surface area (Å²) >= 11 is 2.42. The van der Waals surface area contributed by atoms with E-state index >= 15 is 0 Å². The van der Waals surface area contributed by atoms with Gasteiger partial charge in [0, 0.05) is 0 Å². The van der Waals surface area contributed by atoms with Crippen LogP contribution >= 0.6 is 23.1 Å². The lowest BCUT2D eigenvalue weighted by Crippen LogP contribution is -2.16. The number of nitrogens with zero attached hydrogens (tertiary/aromatic N) is 1. The Morgan fingerprint density at radius 1 is 1.48 bits per heavy atom. The summed E-state index contributed by atoms with van der Waals surface area (Å²) in [5, 5.41) is 0.196. The predicted octanol–water partition coefficient (Wildman–Crippen LogP) is 1.75. The van der Waals surface area contributed by atoms with Crippen LogP contribution in [0.5, 0.6) is 0 Å². The maximum absolute atomic E-state index is 12.3. The zero-order chi connectivity index (χ0) is 17.1. The molecule has 0 saturated heterocycles. The normalized spacial score (nSPS) is 12.3. The Hall–Kier alpha value is -1.87. The molecule has 0 radical (unpaired) electrons. The Labute approximate surface area is 140 Å². The number of fused-ring (bicyclic) bond motifs is 1. The van der Waals surface area contributed by atoms with Crippen molar-refractivity contribution in [2.75, 3.05) is 12.4 Å². The fraction of sp³-hybridized carbons (Fsp3) is 0.429. The number of nitrogens with two attached hydrogens (primary N) is 1. The Morgan fingerprint density at radius 2 is 2.17 bits per heavy atom. The summed E-state index contributed by atoms with van der Waals surface area (Å²) in [5.41, 5.74) is 5.39. The van der Waals surface area contributed by atoms with Crippen LogP contribution in [0.25, 0.3) is 10.2 Å². The molecule has 0 bridgehead atoms. The Bertz CT molecular complexity index is 812. The van der Waals surface area contributed by atoms with Gasteiger partial charge in [0.05, 0.1) is 23.0 Å². The zero-order valence-corrected chi connectivity index (χ0v) is 14.6. The Morgan fingerprint density at radius 3 is 2.78 bits per heavy atom. The van der Waals surface area contributed by atoms with Gasteiger partial charge >= 0.3 is 5.97 Å². The number of hydrogen-bond acceptors (Lipinski definition) is 7. The van der Waals surface area contributed by atoms with Crippen LogP contribution in [0.4, 0.5) is 0 Å². The third-order valence-corrected chi connectivity index (χ3v) is 5.48. The number of primary amides is 1. The second-order valence-corrected chi connectivity index (χ2v) is 7.16. The molecule has 0 aliphatic rings. The van der Waals surface area contributed by atoms with Crippen LogP contribution < -0.4 is 11.3 Å². The first-order valence-electron chi connectivity index (χ1n) is 6.95. The first-order chi connectivity index (χ1) is 10.8. The van der Waals surface area contributed by atoms with Gasteiger partial charge in [-0.2, -0.15) is 0 Å². The lowest BCUT2D eigenvalue weighted by Gasteiger charge is -2.08. The van der Waals surface area contributed by atoms with Gasteiger partial charge in [-0.05, 0) is 26.3 Å². The van der Waals surface area contributed by atoms with Crippen LogP contribution in [-0.4, -0.2) is 34.2 Å². The highest BCUT2D eigenvalue weighted by atomic mass is 32.2. The number of thioether (sulfide) groups is 1. The first-order valence-corrected chi connectivity index (χ1v) is 8.82. The van der Waals surface area contributed by atoms with Gasteiger partial charge in [0.15, 0.2) is 0 Å². The van der Waals surface area contributed by atoms with Gasteiger partial charge in [-0.3, -0.25) is 9.59 Å². The third kappa shape index (κ3) is 3.73. The molecule has 124 valence electrons. The molecule has 7 nitrogen and oxygen atoms in total. The average Bonchev–Trinajstić information content (AvgIpc) is 2.82. The lowest BCUT2D eigenvalue weighted by atomic mass is 10.2. The molecular formula is C14H17N3O4S2. The monoisotopic (exact) mass is 355 g/mol. The molecule has 0 saturated carbocycles. The van der Waals surface area contributed by atoms with Crippen molar-refractivity contribution in [1.82, 2.24) is 9.97 Å². The number of esters is 1. The fourth-order valence-electron chi connectivity index (χ4n) is 2.03. The van der Waals surface area contributed by atoms with Crippen LogP contribution in [-0.2, 0) is 9.53 Å². The van der Waals surface area contributed by atoms with E-state index in [0.29, 0.717) is 26.5 Å². The second-order valence-electron chi connectivity index (χ2n) is 4.83. The van der Waals surface area contributed by atoms with E-state index in [0.717, 1.165) is 11.3 Å². The molecule has 1 amide bonds. The van der Waals surface area contributed by atoms with Gasteiger partial charge in [-0.25, -0.2) is 9.78 Å². The SMILES string of the molecule is CCOC(=O)c1sc2nc([C@H](C)SCC(N)=O)[nH]c(=O)c2c1C. The van der Waals surface area contributed by atoms with Crippen LogP contribution in [0.15, 0.2) is 4.79 Å². The van der Waals surface area contributed by atoms with E-state index in [2.05, 4.69) is 9.97 Å². The topological polar surface area (TPSA) is 115 Å². The number of ether oxygens (including phenoxy) is 1. The molecule has 0 aliphatic heterocycles. The van der Waals surface area contributed by atoms with E-state index in [1.165, 1.54) is 11.8 Å². The van der Waals surface area contributed by atoms with Crippen molar-refractivity contribution in [3.63, 3.8) is 0 Å². The van der Waals surface area contributed by atoms with E-state index in [9.17, 15) is 14.4 Å². The van der Waals surface area contributed by atoms with Gasteiger partial charge in [0.25, 0.3) is 5.56 Å². The molecule has 9 heteroatoms. The number of carbonyl (C=O) groups is 2. The molecule has 3 N–H and O–H groups in total. The summed E-state index contributed by atoms with van der Waals surface area (Å²) < 4.78 is 5.00. The van der Waals surface area contributed by atoms with Crippen molar-refractivity contribution in [1.29, 1.82) is 0 Å². The minimum Gasteiger partial charge on any atom is -0.462 e. The van der Waals surface area contributed by atoms with E-state index in [4.69, 9.17) is 10.5 Å². The maximum Gasteiger partial charge on any atom is 0.348 e. The molecule has 0 spiro atoms. The van der Waals surface area contributed by atoms with Crippen LogP contribution in [0, 0.1) is 6.92 Å². The molecule has 2 rings (SSSR count). The molecule has 2 heterocycles. The van der Waals surface area contributed by atoms with Crippen molar-refractivity contribution < 1.29 is 14.3 Å². The van der Waals surface area contributed by atoms with E-state index in [-0.39, 0.29) is 23.2 Å². The summed E-state index contributed by atoms with van der Waals surface area (Å²) in [6.45, 7) is 5.51. The number of thiophene rings is 1. The van der Waals surface area contributed by atoms with Gasteiger partial charge in [-0.15, -0.1) is 23.1 Å². The quantitative estimate of drug-likeness (QED) is 0.763. The number of carbonyl (C=O) groups excluding carboxylic acids is 2. The highest BCUT2D eigenvalue weighted by Gasteiger charge is 2.21. The summed E-state index contributed by atoms with van der Waals surface area (Å²) in [5.74, 6) is -0.294. The number of hydrogen-bond donors (Lipinski definition) is 2. The minimum absolute atomic E-state index is 0.139. The van der Waals surface area contributed by atoms with E-state index in [1.807, 2.05) is 6.92 Å². The largest absolute Gasteiger partial charge is 0.462 e. The summed E-state index contributed by atoms with van der Waals surface area (Å²) in [7, 11) is 0. The van der Waals surface area contributed by atoms with Gasteiger partial charge in [0.2, 0.25) is 5.91 Å².